The normalized spacial score (nSPS) is 12.4. The first kappa shape index (κ1) is 19.1. The lowest BCUT2D eigenvalue weighted by Crippen LogP contribution is -2.12. The quantitative estimate of drug-likeness (QED) is 0.311. The Kier molecular flexibility index (Phi) is 14.6. The van der Waals surface area contributed by atoms with Gasteiger partial charge in [-0.1, -0.05) is 6.42 Å². The number of carbonyl (C=O) groups excluding carboxylic acids is 1. The molecule has 114 valence electrons. The Bertz CT molecular complexity index is 215. The van der Waals surface area contributed by atoms with E-state index in [1.54, 1.807) is 7.11 Å². The van der Waals surface area contributed by atoms with Crippen LogP contribution in [0.1, 0.15) is 32.1 Å². The molecule has 0 rings (SSSR count). The Labute approximate surface area is 127 Å². The van der Waals surface area contributed by atoms with Crippen LogP contribution < -0.4 is 0 Å². The third-order valence-corrected chi connectivity index (χ3v) is 3.33. The van der Waals surface area contributed by atoms with Crippen molar-refractivity contribution in [3.8, 4) is 0 Å². The molecular weight excluding hydrogens is 284 g/mol. The van der Waals surface area contributed by atoms with Crippen molar-refractivity contribution >= 4 is 31.2 Å². The van der Waals surface area contributed by atoms with Gasteiger partial charge in [-0.3, -0.25) is 4.79 Å². The second kappa shape index (κ2) is 14.5. The van der Waals surface area contributed by atoms with E-state index in [0.717, 1.165) is 31.4 Å². The molecule has 0 N–H and O–H groups in total. The van der Waals surface area contributed by atoms with E-state index in [-0.39, 0.29) is 5.97 Å². The molecule has 0 saturated carbocycles. The van der Waals surface area contributed by atoms with E-state index in [1.807, 2.05) is 0 Å². The Balaban J connectivity index is 3.25. The van der Waals surface area contributed by atoms with Crippen LogP contribution in [0, 0.1) is 0 Å². The predicted molar refractivity (Wildman–Crippen MR) is 83.4 cm³/mol. The molecule has 0 aliphatic heterocycles. The topological polar surface area (TPSA) is 44.8 Å². The van der Waals surface area contributed by atoms with Crippen molar-refractivity contribution in [1.29, 1.82) is 0 Å². The van der Waals surface area contributed by atoms with E-state index in [0.29, 0.717) is 38.1 Å². The molecule has 0 amide bonds. The van der Waals surface area contributed by atoms with Gasteiger partial charge in [-0.25, -0.2) is 0 Å². The minimum atomic E-state index is -0.153. The molecule has 0 heterocycles. The fraction of sp³-hybridized carbons (Fsp3) is 0.923. The zero-order valence-electron chi connectivity index (χ0n) is 11.7. The smallest absolute Gasteiger partial charge is 0.305 e. The van der Waals surface area contributed by atoms with Crippen LogP contribution in [0.4, 0.5) is 0 Å². The Hall–Kier alpha value is 0.0900. The van der Waals surface area contributed by atoms with Crippen LogP contribution >= 0.6 is 25.3 Å². The molecule has 0 aromatic carbocycles. The average molecular weight is 310 g/mol. The minimum absolute atomic E-state index is 0.153. The molecule has 0 saturated heterocycles. The van der Waals surface area contributed by atoms with Crippen LogP contribution in [-0.2, 0) is 19.0 Å². The maximum Gasteiger partial charge on any atom is 0.305 e. The number of hydrogen-bond acceptors (Lipinski definition) is 6. The average Bonchev–Trinajstić information content (AvgIpc) is 2.39. The summed E-state index contributed by atoms with van der Waals surface area (Å²) in [4.78, 5) is 11.4. The molecule has 1 unspecified atom stereocenters. The van der Waals surface area contributed by atoms with E-state index in [2.05, 4.69) is 25.3 Å². The summed E-state index contributed by atoms with van der Waals surface area (Å²) in [6, 6.07) is 0. The minimum Gasteiger partial charge on any atom is -0.463 e. The van der Waals surface area contributed by atoms with Crippen LogP contribution in [0.25, 0.3) is 0 Å². The second-order valence-corrected chi connectivity index (χ2v) is 5.42. The van der Waals surface area contributed by atoms with Crippen LogP contribution in [0.2, 0.25) is 0 Å². The van der Waals surface area contributed by atoms with Gasteiger partial charge >= 0.3 is 5.97 Å². The highest BCUT2D eigenvalue weighted by atomic mass is 32.1. The summed E-state index contributed by atoms with van der Waals surface area (Å²) in [6.07, 6.45) is 4.36. The SMILES string of the molecule is COCCOCCOC(=O)CCCCC(S)CCS. The number of carbonyl (C=O) groups is 1. The lowest BCUT2D eigenvalue weighted by molar-refractivity contribution is -0.145. The molecule has 19 heavy (non-hydrogen) atoms. The van der Waals surface area contributed by atoms with E-state index >= 15 is 0 Å². The number of ether oxygens (including phenoxy) is 3. The molecule has 0 spiro atoms. The van der Waals surface area contributed by atoms with Crippen molar-refractivity contribution < 1.29 is 19.0 Å². The van der Waals surface area contributed by atoms with Gasteiger partial charge in [0.15, 0.2) is 0 Å². The Morgan fingerprint density at radius 1 is 1.11 bits per heavy atom. The predicted octanol–water partition coefficient (Wildman–Crippen LogP) is 2.37. The molecular formula is C13H26O4S2. The van der Waals surface area contributed by atoms with Crippen molar-refractivity contribution in [3.05, 3.63) is 0 Å². The van der Waals surface area contributed by atoms with Crippen molar-refractivity contribution in [2.24, 2.45) is 0 Å². The lowest BCUT2D eigenvalue weighted by atomic mass is 10.1. The summed E-state index contributed by atoms with van der Waals surface area (Å²) in [6.45, 7) is 1.83. The third kappa shape index (κ3) is 14.3. The number of unbranched alkanes of at least 4 members (excludes halogenated alkanes) is 1. The number of methoxy groups -OCH3 is 1. The maximum absolute atomic E-state index is 11.4. The molecule has 0 aromatic rings. The number of hydrogen-bond donors (Lipinski definition) is 2. The summed E-state index contributed by atoms with van der Waals surface area (Å²) in [5.41, 5.74) is 0. The van der Waals surface area contributed by atoms with E-state index in [4.69, 9.17) is 14.2 Å². The highest BCUT2D eigenvalue weighted by Gasteiger charge is 2.05. The Morgan fingerprint density at radius 2 is 1.84 bits per heavy atom. The number of rotatable bonds is 13. The molecule has 4 nitrogen and oxygen atoms in total. The molecule has 0 aliphatic carbocycles. The maximum atomic E-state index is 11.4. The molecule has 0 aliphatic rings. The second-order valence-electron chi connectivity index (χ2n) is 4.24. The first-order valence-electron chi connectivity index (χ1n) is 6.72. The molecule has 1 atom stereocenters. The summed E-state index contributed by atoms with van der Waals surface area (Å²) >= 11 is 8.60. The van der Waals surface area contributed by atoms with Crippen molar-refractivity contribution in [2.45, 2.75) is 37.4 Å². The van der Waals surface area contributed by atoms with Crippen LogP contribution in [0.5, 0.6) is 0 Å². The van der Waals surface area contributed by atoms with Gasteiger partial charge in [-0.2, -0.15) is 25.3 Å². The van der Waals surface area contributed by atoms with Crippen LogP contribution in [0.15, 0.2) is 0 Å². The van der Waals surface area contributed by atoms with Gasteiger partial charge in [0, 0.05) is 18.8 Å². The first-order chi connectivity index (χ1) is 9.20. The summed E-state index contributed by atoms with van der Waals surface area (Å²) < 4.78 is 15.1. The summed E-state index contributed by atoms with van der Waals surface area (Å²) in [5, 5.41) is 0.391. The van der Waals surface area contributed by atoms with E-state index in [1.165, 1.54) is 0 Å². The zero-order chi connectivity index (χ0) is 14.3. The van der Waals surface area contributed by atoms with Crippen molar-refractivity contribution in [3.63, 3.8) is 0 Å². The fourth-order valence-electron chi connectivity index (χ4n) is 1.47. The van der Waals surface area contributed by atoms with Gasteiger partial charge in [0.25, 0.3) is 0 Å². The van der Waals surface area contributed by atoms with Gasteiger partial charge in [-0.15, -0.1) is 0 Å². The van der Waals surface area contributed by atoms with Gasteiger partial charge in [-0.05, 0) is 25.0 Å². The molecule has 0 radical (unpaired) electrons. The van der Waals surface area contributed by atoms with Gasteiger partial charge in [0.05, 0.1) is 19.8 Å². The standard InChI is InChI=1S/C13H26O4S2/c1-15-7-8-16-9-10-17-13(14)5-3-2-4-12(19)6-11-18/h12,18-19H,2-11H2,1H3. The summed E-state index contributed by atoms with van der Waals surface area (Å²) in [5.74, 6) is 0.708. The highest BCUT2D eigenvalue weighted by Crippen LogP contribution is 2.12. The molecule has 6 heteroatoms. The number of esters is 1. The lowest BCUT2D eigenvalue weighted by Gasteiger charge is -2.08. The third-order valence-electron chi connectivity index (χ3n) is 2.55. The van der Waals surface area contributed by atoms with Gasteiger partial charge < -0.3 is 14.2 Å². The van der Waals surface area contributed by atoms with Crippen LogP contribution in [0.3, 0.4) is 0 Å². The monoisotopic (exact) mass is 310 g/mol. The molecule has 0 aromatic heterocycles. The first-order valence-corrected chi connectivity index (χ1v) is 7.86. The van der Waals surface area contributed by atoms with Crippen molar-refractivity contribution in [2.75, 3.05) is 39.3 Å². The molecule has 0 bridgehead atoms. The van der Waals surface area contributed by atoms with E-state index in [9.17, 15) is 4.79 Å². The number of thiol groups is 2. The van der Waals surface area contributed by atoms with Crippen molar-refractivity contribution in [1.82, 2.24) is 0 Å². The highest BCUT2D eigenvalue weighted by molar-refractivity contribution is 7.81. The van der Waals surface area contributed by atoms with E-state index < -0.39 is 0 Å². The van der Waals surface area contributed by atoms with Gasteiger partial charge in [0.2, 0.25) is 0 Å². The fourth-order valence-corrected chi connectivity index (χ4v) is 2.30. The largest absolute Gasteiger partial charge is 0.463 e. The van der Waals surface area contributed by atoms with Gasteiger partial charge in [0.1, 0.15) is 6.61 Å². The Morgan fingerprint density at radius 3 is 2.53 bits per heavy atom. The molecule has 0 fully saturated rings. The zero-order valence-corrected chi connectivity index (χ0v) is 13.5. The summed E-state index contributed by atoms with van der Waals surface area (Å²) in [7, 11) is 1.62. The van der Waals surface area contributed by atoms with Crippen LogP contribution in [-0.4, -0.2) is 50.5 Å².